The Morgan fingerprint density at radius 3 is 2.44 bits per heavy atom. The summed E-state index contributed by atoms with van der Waals surface area (Å²) < 4.78 is 0. The quantitative estimate of drug-likeness (QED) is 0.604. The van der Waals surface area contributed by atoms with Crippen LogP contribution in [-0.4, -0.2) is 11.5 Å². The molecule has 1 heterocycles. The van der Waals surface area contributed by atoms with Crippen LogP contribution >= 0.6 is 11.6 Å². The smallest absolute Gasteiger partial charge is 0.101 e. The van der Waals surface area contributed by atoms with Gasteiger partial charge in [-0.25, -0.2) is 0 Å². The maximum absolute atomic E-state index is 9.08. The van der Waals surface area contributed by atoms with E-state index in [9.17, 15) is 0 Å². The van der Waals surface area contributed by atoms with E-state index in [1.165, 1.54) is 5.56 Å². The predicted octanol–water partition coefficient (Wildman–Crippen LogP) is 5.74. The highest BCUT2D eigenvalue weighted by Gasteiger charge is 2.13. The van der Waals surface area contributed by atoms with Crippen LogP contribution in [0.1, 0.15) is 18.1 Å². The maximum Gasteiger partial charge on any atom is 0.101 e. The third kappa shape index (κ3) is 3.50. The second-order valence-electron chi connectivity index (χ2n) is 5.76. The standard InChI is InChI=1S/C21H18ClN3/c1-3-25(19-7-6-18(14-23)20(22)13-19)21-12-17(5-4-15(21)2)16-8-10-24-11-9-16/h4-13H,3H2,1-2H3. The van der Waals surface area contributed by atoms with Crippen molar-refractivity contribution in [2.45, 2.75) is 13.8 Å². The maximum atomic E-state index is 9.08. The van der Waals surface area contributed by atoms with Gasteiger partial charge in [0.1, 0.15) is 6.07 Å². The van der Waals surface area contributed by atoms with Crippen molar-refractivity contribution in [3.05, 3.63) is 77.1 Å². The first-order chi connectivity index (χ1) is 12.1. The van der Waals surface area contributed by atoms with E-state index >= 15 is 0 Å². The van der Waals surface area contributed by atoms with Crippen LogP contribution in [0, 0.1) is 18.3 Å². The van der Waals surface area contributed by atoms with Crippen molar-refractivity contribution in [3.8, 4) is 17.2 Å². The van der Waals surface area contributed by atoms with Crippen LogP contribution in [-0.2, 0) is 0 Å². The van der Waals surface area contributed by atoms with Crippen LogP contribution in [0.15, 0.2) is 60.9 Å². The Hall–Kier alpha value is -2.83. The number of hydrogen-bond donors (Lipinski definition) is 0. The van der Waals surface area contributed by atoms with Gasteiger partial charge in [-0.05, 0) is 66.9 Å². The number of halogens is 1. The minimum absolute atomic E-state index is 0.474. The highest BCUT2D eigenvalue weighted by atomic mass is 35.5. The summed E-state index contributed by atoms with van der Waals surface area (Å²) in [5.41, 5.74) is 6.04. The van der Waals surface area contributed by atoms with Crippen molar-refractivity contribution in [3.63, 3.8) is 0 Å². The van der Waals surface area contributed by atoms with E-state index in [-0.39, 0.29) is 0 Å². The molecule has 25 heavy (non-hydrogen) atoms. The summed E-state index contributed by atoms with van der Waals surface area (Å²) in [6.07, 6.45) is 3.60. The molecule has 0 saturated carbocycles. The normalized spacial score (nSPS) is 10.3. The summed E-state index contributed by atoms with van der Waals surface area (Å²) in [5.74, 6) is 0. The lowest BCUT2D eigenvalue weighted by molar-refractivity contribution is 1.02. The molecule has 3 rings (SSSR count). The van der Waals surface area contributed by atoms with Crippen LogP contribution < -0.4 is 4.90 Å². The van der Waals surface area contributed by atoms with Crippen LogP contribution in [0.2, 0.25) is 5.02 Å². The Morgan fingerprint density at radius 1 is 1.04 bits per heavy atom. The number of hydrogen-bond acceptors (Lipinski definition) is 3. The molecule has 0 saturated heterocycles. The SMILES string of the molecule is CCN(c1ccc(C#N)c(Cl)c1)c1cc(-c2ccncc2)ccc1C. The summed E-state index contributed by atoms with van der Waals surface area (Å²) in [7, 11) is 0. The Kier molecular flexibility index (Phi) is 5.02. The minimum Gasteiger partial charge on any atom is -0.341 e. The molecule has 3 aromatic rings. The van der Waals surface area contributed by atoms with Gasteiger partial charge in [-0.3, -0.25) is 4.98 Å². The van der Waals surface area contributed by atoms with Gasteiger partial charge in [0, 0.05) is 30.3 Å². The summed E-state index contributed by atoms with van der Waals surface area (Å²) in [4.78, 5) is 6.29. The number of aromatic nitrogens is 1. The minimum atomic E-state index is 0.474. The van der Waals surface area contributed by atoms with Gasteiger partial charge in [0.25, 0.3) is 0 Å². The Morgan fingerprint density at radius 2 is 1.80 bits per heavy atom. The topological polar surface area (TPSA) is 39.9 Å². The van der Waals surface area contributed by atoms with E-state index in [0.717, 1.165) is 29.0 Å². The number of pyridine rings is 1. The molecule has 0 bridgehead atoms. The molecule has 0 aliphatic heterocycles. The molecule has 1 aromatic heterocycles. The largest absolute Gasteiger partial charge is 0.341 e. The van der Waals surface area contributed by atoms with Crippen molar-refractivity contribution in [1.82, 2.24) is 4.98 Å². The molecule has 0 atom stereocenters. The summed E-state index contributed by atoms with van der Waals surface area (Å²) in [6.45, 7) is 4.99. The van der Waals surface area contributed by atoms with E-state index in [2.05, 4.69) is 48.0 Å². The molecule has 2 aromatic carbocycles. The Balaban J connectivity index is 2.07. The zero-order valence-electron chi connectivity index (χ0n) is 14.2. The van der Waals surface area contributed by atoms with Crippen LogP contribution in [0.25, 0.3) is 11.1 Å². The molecular weight excluding hydrogens is 330 g/mol. The summed E-state index contributed by atoms with van der Waals surface area (Å²) in [6, 6.07) is 18.1. The first kappa shape index (κ1) is 17.0. The van der Waals surface area contributed by atoms with Gasteiger partial charge in [-0.1, -0.05) is 23.7 Å². The van der Waals surface area contributed by atoms with Gasteiger partial charge >= 0.3 is 0 Å². The van der Waals surface area contributed by atoms with E-state index in [1.54, 1.807) is 18.5 Å². The monoisotopic (exact) mass is 347 g/mol. The van der Waals surface area contributed by atoms with Gasteiger partial charge in [-0.15, -0.1) is 0 Å². The Bertz CT molecular complexity index is 930. The van der Waals surface area contributed by atoms with Gasteiger partial charge in [-0.2, -0.15) is 5.26 Å². The van der Waals surface area contributed by atoms with E-state index in [4.69, 9.17) is 16.9 Å². The fourth-order valence-electron chi connectivity index (χ4n) is 2.88. The molecular formula is C21H18ClN3. The molecule has 124 valence electrons. The second-order valence-corrected chi connectivity index (χ2v) is 6.16. The first-order valence-electron chi connectivity index (χ1n) is 8.12. The zero-order chi connectivity index (χ0) is 17.8. The number of anilines is 2. The number of aryl methyl sites for hydroxylation is 1. The van der Waals surface area contributed by atoms with Crippen molar-refractivity contribution in [2.24, 2.45) is 0 Å². The van der Waals surface area contributed by atoms with Crippen LogP contribution in [0.4, 0.5) is 11.4 Å². The van der Waals surface area contributed by atoms with Crippen LogP contribution in [0.5, 0.6) is 0 Å². The molecule has 0 unspecified atom stereocenters. The molecule has 0 spiro atoms. The molecule has 0 N–H and O–H groups in total. The number of benzene rings is 2. The van der Waals surface area contributed by atoms with Gasteiger partial charge < -0.3 is 4.90 Å². The molecule has 0 radical (unpaired) electrons. The van der Waals surface area contributed by atoms with Crippen molar-refractivity contribution >= 4 is 23.0 Å². The van der Waals surface area contributed by atoms with Crippen molar-refractivity contribution in [1.29, 1.82) is 5.26 Å². The highest BCUT2D eigenvalue weighted by Crippen LogP contribution is 2.34. The van der Waals surface area contributed by atoms with Crippen molar-refractivity contribution < 1.29 is 0 Å². The van der Waals surface area contributed by atoms with Gasteiger partial charge in [0.15, 0.2) is 0 Å². The second kappa shape index (κ2) is 7.38. The van der Waals surface area contributed by atoms with Crippen LogP contribution in [0.3, 0.4) is 0 Å². The Labute approximate surface area is 153 Å². The summed E-state index contributed by atoms with van der Waals surface area (Å²) in [5, 5.41) is 9.55. The van der Waals surface area contributed by atoms with Gasteiger partial charge in [0.05, 0.1) is 10.6 Å². The van der Waals surface area contributed by atoms with E-state index in [1.807, 2.05) is 24.3 Å². The summed E-state index contributed by atoms with van der Waals surface area (Å²) >= 11 is 6.23. The lowest BCUT2D eigenvalue weighted by Crippen LogP contribution is -2.17. The number of nitriles is 1. The van der Waals surface area contributed by atoms with E-state index < -0.39 is 0 Å². The average Bonchev–Trinajstić information content (AvgIpc) is 2.65. The van der Waals surface area contributed by atoms with Crippen molar-refractivity contribution in [2.75, 3.05) is 11.4 Å². The fraction of sp³-hybridized carbons (Fsp3) is 0.143. The number of rotatable bonds is 4. The average molecular weight is 348 g/mol. The molecule has 0 aliphatic carbocycles. The van der Waals surface area contributed by atoms with Gasteiger partial charge in [0.2, 0.25) is 0 Å². The molecule has 3 nitrogen and oxygen atoms in total. The number of nitrogens with zero attached hydrogens (tertiary/aromatic N) is 3. The van der Waals surface area contributed by atoms with E-state index in [0.29, 0.717) is 10.6 Å². The lowest BCUT2D eigenvalue weighted by atomic mass is 10.0. The third-order valence-corrected chi connectivity index (χ3v) is 4.53. The molecule has 4 heteroatoms. The fourth-order valence-corrected chi connectivity index (χ4v) is 3.10. The molecule has 0 fully saturated rings. The first-order valence-corrected chi connectivity index (χ1v) is 8.50. The third-order valence-electron chi connectivity index (χ3n) is 4.21. The molecule has 0 amide bonds. The predicted molar refractivity (Wildman–Crippen MR) is 103 cm³/mol. The lowest BCUT2D eigenvalue weighted by Gasteiger charge is -2.26. The zero-order valence-corrected chi connectivity index (χ0v) is 15.0. The molecule has 0 aliphatic rings. The highest BCUT2D eigenvalue weighted by molar-refractivity contribution is 6.32.